The standard InChI is InChI=1S/C21H28N2OS/c24-25(21-11-5-2-6-12-21)18-8-7-13-22-14-16-23(17-15-22)19-20-9-3-1-4-10-20/h1-6,9-12H,7-8,13-19H2. The van der Waals surface area contributed by atoms with Crippen molar-refractivity contribution in [2.45, 2.75) is 24.3 Å². The van der Waals surface area contributed by atoms with E-state index in [1.807, 2.05) is 30.3 Å². The second-order valence-electron chi connectivity index (χ2n) is 6.67. The van der Waals surface area contributed by atoms with Crippen molar-refractivity contribution >= 4 is 10.8 Å². The first-order chi connectivity index (χ1) is 12.3. The molecule has 1 fully saturated rings. The monoisotopic (exact) mass is 356 g/mol. The van der Waals surface area contributed by atoms with Gasteiger partial charge in [-0.2, -0.15) is 0 Å². The Bertz CT molecular complexity index is 639. The van der Waals surface area contributed by atoms with Crippen LogP contribution in [0, 0.1) is 0 Å². The average molecular weight is 357 g/mol. The van der Waals surface area contributed by atoms with E-state index < -0.39 is 10.8 Å². The van der Waals surface area contributed by atoms with E-state index in [0.29, 0.717) is 0 Å². The number of unbranched alkanes of at least 4 members (excludes halogenated alkanes) is 1. The molecular weight excluding hydrogens is 328 g/mol. The van der Waals surface area contributed by atoms with Crippen LogP contribution in [0.5, 0.6) is 0 Å². The second kappa shape index (κ2) is 9.85. The normalized spacial score (nSPS) is 17.4. The van der Waals surface area contributed by atoms with Crippen molar-refractivity contribution in [3.63, 3.8) is 0 Å². The van der Waals surface area contributed by atoms with E-state index in [2.05, 4.69) is 40.1 Å². The summed E-state index contributed by atoms with van der Waals surface area (Å²) >= 11 is 0. The first-order valence-electron chi connectivity index (χ1n) is 9.23. The maximum atomic E-state index is 12.2. The topological polar surface area (TPSA) is 23.6 Å². The van der Waals surface area contributed by atoms with Crippen molar-refractivity contribution in [3.8, 4) is 0 Å². The van der Waals surface area contributed by atoms with Gasteiger partial charge in [0.25, 0.3) is 0 Å². The largest absolute Gasteiger partial charge is 0.301 e. The van der Waals surface area contributed by atoms with Crippen LogP contribution in [0.4, 0.5) is 0 Å². The minimum Gasteiger partial charge on any atom is -0.301 e. The fourth-order valence-corrected chi connectivity index (χ4v) is 4.43. The fraction of sp³-hybridized carbons (Fsp3) is 0.429. The van der Waals surface area contributed by atoms with Gasteiger partial charge in [-0.25, -0.2) is 0 Å². The predicted octanol–water partition coefficient (Wildman–Crippen LogP) is 3.39. The minimum atomic E-state index is -0.845. The van der Waals surface area contributed by atoms with Gasteiger partial charge in [0.1, 0.15) is 0 Å². The Balaban J connectivity index is 1.30. The zero-order valence-electron chi connectivity index (χ0n) is 14.8. The van der Waals surface area contributed by atoms with Crippen molar-refractivity contribution in [1.82, 2.24) is 9.80 Å². The second-order valence-corrected chi connectivity index (χ2v) is 8.24. The van der Waals surface area contributed by atoms with Crippen molar-refractivity contribution in [3.05, 3.63) is 66.2 Å². The minimum absolute atomic E-state index is 0.776. The third-order valence-corrected chi connectivity index (χ3v) is 6.23. The molecule has 1 aliphatic heterocycles. The van der Waals surface area contributed by atoms with Crippen molar-refractivity contribution < 1.29 is 4.21 Å². The Hall–Kier alpha value is -1.49. The molecule has 3 rings (SSSR count). The number of nitrogens with zero attached hydrogens (tertiary/aromatic N) is 2. The van der Waals surface area contributed by atoms with E-state index >= 15 is 0 Å². The summed E-state index contributed by atoms with van der Waals surface area (Å²) in [5, 5.41) is 0. The molecule has 1 heterocycles. The number of hydrogen-bond acceptors (Lipinski definition) is 3. The van der Waals surface area contributed by atoms with E-state index in [1.165, 1.54) is 5.56 Å². The molecule has 0 bridgehead atoms. The van der Waals surface area contributed by atoms with Gasteiger partial charge in [-0.05, 0) is 37.1 Å². The Morgan fingerprint density at radius 3 is 2.04 bits per heavy atom. The van der Waals surface area contributed by atoms with Gasteiger partial charge in [0.2, 0.25) is 0 Å². The van der Waals surface area contributed by atoms with Crippen molar-refractivity contribution in [1.29, 1.82) is 0 Å². The number of hydrogen-bond donors (Lipinski definition) is 0. The van der Waals surface area contributed by atoms with Crippen LogP contribution in [0.2, 0.25) is 0 Å². The molecule has 1 saturated heterocycles. The van der Waals surface area contributed by atoms with Crippen molar-refractivity contribution in [2.75, 3.05) is 38.5 Å². The van der Waals surface area contributed by atoms with Gasteiger partial charge in [0.15, 0.2) is 0 Å². The fourth-order valence-electron chi connectivity index (χ4n) is 3.27. The van der Waals surface area contributed by atoms with E-state index in [0.717, 1.165) is 62.8 Å². The molecule has 0 aromatic heterocycles. The molecule has 0 aliphatic carbocycles. The highest BCUT2D eigenvalue weighted by atomic mass is 32.2. The van der Waals surface area contributed by atoms with E-state index in [4.69, 9.17) is 0 Å². The molecule has 1 aliphatic rings. The molecule has 3 nitrogen and oxygen atoms in total. The Morgan fingerprint density at radius 2 is 1.36 bits per heavy atom. The third-order valence-electron chi connectivity index (χ3n) is 4.77. The molecule has 4 heteroatoms. The van der Waals surface area contributed by atoms with Gasteiger partial charge in [0, 0.05) is 43.4 Å². The lowest BCUT2D eigenvalue weighted by molar-refractivity contribution is 0.126. The maximum Gasteiger partial charge on any atom is 0.0529 e. The van der Waals surface area contributed by atoms with Crippen molar-refractivity contribution in [2.24, 2.45) is 0 Å². The average Bonchev–Trinajstić information content (AvgIpc) is 2.68. The van der Waals surface area contributed by atoms with Crippen LogP contribution in [0.1, 0.15) is 18.4 Å². The molecule has 0 radical (unpaired) electrons. The van der Waals surface area contributed by atoms with Crippen LogP contribution in [0.15, 0.2) is 65.6 Å². The molecule has 2 aromatic rings. The van der Waals surface area contributed by atoms with Crippen LogP contribution in [-0.2, 0) is 17.3 Å². The highest BCUT2D eigenvalue weighted by molar-refractivity contribution is 7.85. The van der Waals surface area contributed by atoms with Crippen LogP contribution >= 0.6 is 0 Å². The number of rotatable bonds is 8. The summed E-state index contributed by atoms with van der Waals surface area (Å²) in [6, 6.07) is 20.5. The van der Waals surface area contributed by atoms with Crippen LogP contribution in [0.25, 0.3) is 0 Å². The molecule has 25 heavy (non-hydrogen) atoms. The third kappa shape index (κ3) is 6.07. The quantitative estimate of drug-likeness (QED) is 0.678. The molecule has 0 N–H and O–H groups in total. The van der Waals surface area contributed by atoms with E-state index in [-0.39, 0.29) is 0 Å². The number of piperazine rings is 1. The van der Waals surface area contributed by atoms with E-state index in [9.17, 15) is 4.21 Å². The summed E-state index contributed by atoms with van der Waals surface area (Å²) in [6.07, 6.45) is 2.17. The highest BCUT2D eigenvalue weighted by Gasteiger charge is 2.16. The Kier molecular flexibility index (Phi) is 7.22. The summed E-state index contributed by atoms with van der Waals surface area (Å²) in [4.78, 5) is 6.04. The lowest BCUT2D eigenvalue weighted by Gasteiger charge is -2.34. The Labute approximate surface area is 154 Å². The molecule has 134 valence electrons. The highest BCUT2D eigenvalue weighted by Crippen LogP contribution is 2.10. The van der Waals surface area contributed by atoms with Gasteiger partial charge in [0.05, 0.1) is 10.8 Å². The predicted molar refractivity (Wildman–Crippen MR) is 105 cm³/mol. The number of benzene rings is 2. The zero-order valence-corrected chi connectivity index (χ0v) is 15.7. The van der Waals surface area contributed by atoms with Crippen LogP contribution < -0.4 is 0 Å². The molecule has 1 atom stereocenters. The first-order valence-corrected chi connectivity index (χ1v) is 10.6. The zero-order chi connectivity index (χ0) is 17.3. The lowest BCUT2D eigenvalue weighted by atomic mass is 10.2. The smallest absolute Gasteiger partial charge is 0.0529 e. The molecule has 0 amide bonds. The van der Waals surface area contributed by atoms with Gasteiger partial charge >= 0.3 is 0 Å². The summed E-state index contributed by atoms with van der Waals surface area (Å²) < 4.78 is 12.2. The maximum absolute atomic E-state index is 12.2. The summed E-state index contributed by atoms with van der Waals surface area (Å²) in [5.41, 5.74) is 1.40. The van der Waals surface area contributed by atoms with E-state index in [1.54, 1.807) is 0 Å². The lowest BCUT2D eigenvalue weighted by Crippen LogP contribution is -2.46. The summed E-state index contributed by atoms with van der Waals surface area (Å²) in [5.74, 6) is 0.776. The molecule has 2 aromatic carbocycles. The van der Waals surface area contributed by atoms with Gasteiger partial charge in [-0.1, -0.05) is 48.5 Å². The summed E-state index contributed by atoms with van der Waals surface area (Å²) in [7, 11) is -0.845. The van der Waals surface area contributed by atoms with Gasteiger partial charge in [-0.15, -0.1) is 0 Å². The van der Waals surface area contributed by atoms with Gasteiger partial charge < -0.3 is 4.90 Å². The molecule has 1 unspecified atom stereocenters. The SMILES string of the molecule is O=S(CCCCN1CCN(Cc2ccccc2)CC1)c1ccccc1. The molecule has 0 saturated carbocycles. The molecule has 0 spiro atoms. The van der Waals surface area contributed by atoms with Crippen LogP contribution in [0.3, 0.4) is 0 Å². The molecular formula is C21H28N2OS. The van der Waals surface area contributed by atoms with Crippen LogP contribution in [-0.4, -0.2) is 52.5 Å². The van der Waals surface area contributed by atoms with Gasteiger partial charge in [-0.3, -0.25) is 9.11 Å². The Morgan fingerprint density at radius 1 is 0.760 bits per heavy atom. The first kappa shape index (κ1) is 18.3. The summed E-state index contributed by atoms with van der Waals surface area (Å²) in [6.45, 7) is 6.77.